The molecule has 3 nitrogen and oxygen atoms in total. The molecule has 1 N–H and O–H groups in total. The zero-order valence-corrected chi connectivity index (χ0v) is 14.6. The molecule has 0 atom stereocenters. The highest BCUT2D eigenvalue weighted by molar-refractivity contribution is 5.93. The third kappa shape index (κ3) is 3.66. The summed E-state index contributed by atoms with van der Waals surface area (Å²) >= 11 is 0. The maximum absolute atomic E-state index is 4.96. The molecule has 1 aliphatic rings. The van der Waals surface area contributed by atoms with Crippen LogP contribution in [0.5, 0.6) is 0 Å². The van der Waals surface area contributed by atoms with Gasteiger partial charge in [0.2, 0.25) is 0 Å². The lowest BCUT2D eigenvalue weighted by Crippen LogP contribution is -2.29. The molecule has 0 unspecified atom stereocenters. The minimum atomic E-state index is 1.00. The van der Waals surface area contributed by atoms with Gasteiger partial charge in [0.25, 0.3) is 0 Å². The molecule has 0 saturated carbocycles. The number of benzene rings is 1. The second-order valence-electron chi connectivity index (χ2n) is 6.44. The molecule has 0 spiro atoms. The fourth-order valence-electron chi connectivity index (χ4n) is 3.63. The first kappa shape index (κ1) is 16.3. The van der Waals surface area contributed by atoms with E-state index in [9.17, 15) is 0 Å². The van der Waals surface area contributed by atoms with Crippen LogP contribution in [0.1, 0.15) is 44.4 Å². The van der Waals surface area contributed by atoms with Crippen LogP contribution in [0.2, 0.25) is 0 Å². The average Bonchev–Trinajstić information content (AvgIpc) is 2.83. The number of rotatable bonds is 6. The Bertz CT molecular complexity index is 647. The van der Waals surface area contributed by atoms with Crippen LogP contribution in [0.25, 0.3) is 10.9 Å². The van der Waals surface area contributed by atoms with Gasteiger partial charge in [-0.2, -0.15) is 0 Å². The number of hydrogen-bond acceptors (Lipinski definition) is 3. The Morgan fingerprint density at radius 3 is 2.65 bits per heavy atom. The molecular formula is C20H29N3. The Balaban J connectivity index is 1.91. The number of hydrogen-bond donors (Lipinski definition) is 1. The van der Waals surface area contributed by atoms with Crippen molar-refractivity contribution < 1.29 is 0 Å². The molecule has 23 heavy (non-hydrogen) atoms. The Morgan fingerprint density at radius 2 is 1.83 bits per heavy atom. The van der Waals surface area contributed by atoms with Crippen LogP contribution in [0, 0.1) is 0 Å². The van der Waals surface area contributed by atoms with Gasteiger partial charge in [0, 0.05) is 29.9 Å². The zero-order valence-electron chi connectivity index (χ0n) is 14.6. The van der Waals surface area contributed by atoms with Gasteiger partial charge < -0.3 is 10.2 Å². The fourth-order valence-corrected chi connectivity index (χ4v) is 3.63. The van der Waals surface area contributed by atoms with Crippen molar-refractivity contribution in [1.82, 2.24) is 9.88 Å². The Morgan fingerprint density at radius 1 is 1.04 bits per heavy atom. The number of aromatic nitrogens is 1. The highest BCUT2D eigenvalue weighted by Crippen LogP contribution is 2.32. The molecule has 0 bridgehead atoms. The van der Waals surface area contributed by atoms with E-state index >= 15 is 0 Å². The largest absolute Gasteiger partial charge is 0.383 e. The first-order valence-corrected chi connectivity index (χ1v) is 9.20. The second kappa shape index (κ2) is 7.78. The molecule has 3 rings (SSSR count). The van der Waals surface area contributed by atoms with E-state index in [1.807, 2.05) is 0 Å². The topological polar surface area (TPSA) is 28.2 Å². The van der Waals surface area contributed by atoms with Gasteiger partial charge in [-0.25, -0.2) is 0 Å². The van der Waals surface area contributed by atoms with Crippen LogP contribution in [-0.4, -0.2) is 36.1 Å². The van der Waals surface area contributed by atoms with Gasteiger partial charge in [-0.15, -0.1) is 0 Å². The lowest BCUT2D eigenvalue weighted by molar-refractivity contribution is 0.316. The summed E-state index contributed by atoms with van der Waals surface area (Å²) < 4.78 is 0. The van der Waals surface area contributed by atoms with Crippen molar-refractivity contribution in [3.8, 4) is 0 Å². The molecule has 1 aromatic carbocycles. The number of anilines is 1. The van der Waals surface area contributed by atoms with Crippen LogP contribution < -0.4 is 5.32 Å². The third-order valence-electron chi connectivity index (χ3n) is 5.04. The van der Waals surface area contributed by atoms with E-state index in [2.05, 4.69) is 48.3 Å². The van der Waals surface area contributed by atoms with Gasteiger partial charge >= 0.3 is 0 Å². The first-order chi connectivity index (χ1) is 11.3. The quantitative estimate of drug-likeness (QED) is 0.808. The molecule has 0 saturated heterocycles. The number of aryl methyl sites for hydroxylation is 1. The monoisotopic (exact) mass is 311 g/mol. The van der Waals surface area contributed by atoms with Gasteiger partial charge in [0.1, 0.15) is 0 Å². The highest BCUT2D eigenvalue weighted by Gasteiger charge is 2.16. The normalized spacial score (nSPS) is 14.7. The van der Waals surface area contributed by atoms with Gasteiger partial charge in [-0.3, -0.25) is 4.98 Å². The lowest BCUT2D eigenvalue weighted by atomic mass is 10.0. The highest BCUT2D eigenvalue weighted by atomic mass is 15.1. The molecule has 0 radical (unpaired) electrons. The lowest BCUT2D eigenvalue weighted by Gasteiger charge is -2.21. The summed E-state index contributed by atoms with van der Waals surface area (Å²) in [5, 5.41) is 5.05. The SMILES string of the molecule is CCN(CC)CCNc1c2c(nc3ccccc13)CCCCC2. The zero-order chi connectivity index (χ0) is 16.1. The summed E-state index contributed by atoms with van der Waals surface area (Å²) in [6, 6.07) is 8.59. The van der Waals surface area contributed by atoms with Crippen molar-refractivity contribution in [3.05, 3.63) is 35.5 Å². The maximum atomic E-state index is 4.96. The summed E-state index contributed by atoms with van der Waals surface area (Å²) in [6.45, 7) is 8.80. The van der Waals surface area contributed by atoms with E-state index in [0.29, 0.717) is 0 Å². The molecule has 2 aromatic rings. The van der Waals surface area contributed by atoms with E-state index in [0.717, 1.165) is 38.1 Å². The Kier molecular flexibility index (Phi) is 5.50. The van der Waals surface area contributed by atoms with Crippen LogP contribution >= 0.6 is 0 Å². The molecule has 1 aromatic heterocycles. The van der Waals surface area contributed by atoms with Gasteiger partial charge in [0.15, 0.2) is 0 Å². The van der Waals surface area contributed by atoms with E-state index in [4.69, 9.17) is 4.98 Å². The van der Waals surface area contributed by atoms with Crippen molar-refractivity contribution in [2.45, 2.75) is 46.0 Å². The number of nitrogens with zero attached hydrogens (tertiary/aromatic N) is 2. The van der Waals surface area contributed by atoms with Crippen molar-refractivity contribution in [3.63, 3.8) is 0 Å². The van der Waals surface area contributed by atoms with Crippen molar-refractivity contribution >= 4 is 16.6 Å². The van der Waals surface area contributed by atoms with Crippen LogP contribution in [0.15, 0.2) is 24.3 Å². The molecule has 0 fully saturated rings. The molecule has 0 aliphatic heterocycles. The van der Waals surface area contributed by atoms with Crippen molar-refractivity contribution in [2.24, 2.45) is 0 Å². The summed E-state index contributed by atoms with van der Waals surface area (Å²) in [4.78, 5) is 7.43. The molecule has 1 aliphatic carbocycles. The minimum Gasteiger partial charge on any atom is -0.383 e. The molecule has 1 heterocycles. The van der Waals surface area contributed by atoms with E-state index in [-0.39, 0.29) is 0 Å². The number of para-hydroxylation sites is 1. The fraction of sp³-hybridized carbons (Fsp3) is 0.550. The van der Waals surface area contributed by atoms with Crippen molar-refractivity contribution in [1.29, 1.82) is 0 Å². The third-order valence-corrected chi connectivity index (χ3v) is 5.04. The number of nitrogens with one attached hydrogen (secondary N) is 1. The van der Waals surface area contributed by atoms with E-state index in [1.54, 1.807) is 0 Å². The molecule has 0 amide bonds. The first-order valence-electron chi connectivity index (χ1n) is 9.20. The van der Waals surface area contributed by atoms with Crippen LogP contribution in [0.3, 0.4) is 0 Å². The van der Waals surface area contributed by atoms with Crippen LogP contribution in [0.4, 0.5) is 5.69 Å². The summed E-state index contributed by atoms with van der Waals surface area (Å²) in [5.74, 6) is 0. The standard InChI is InChI=1S/C20H29N3/c1-3-23(4-2)15-14-21-20-16-10-6-5-7-12-18(16)22-19-13-9-8-11-17(19)20/h8-9,11,13H,3-7,10,12,14-15H2,1-2H3,(H,21,22). The van der Waals surface area contributed by atoms with Crippen molar-refractivity contribution in [2.75, 3.05) is 31.5 Å². The van der Waals surface area contributed by atoms with Crippen LogP contribution in [-0.2, 0) is 12.8 Å². The predicted molar refractivity (Wildman–Crippen MR) is 99.3 cm³/mol. The Hall–Kier alpha value is -1.61. The molecule has 124 valence electrons. The maximum Gasteiger partial charge on any atom is 0.0726 e. The number of likely N-dealkylation sites (N-methyl/N-ethyl adjacent to an activating group) is 1. The molecular weight excluding hydrogens is 282 g/mol. The van der Waals surface area contributed by atoms with E-state index in [1.165, 1.54) is 48.0 Å². The minimum absolute atomic E-state index is 1.00. The summed E-state index contributed by atoms with van der Waals surface area (Å²) in [5.41, 5.74) is 5.28. The van der Waals surface area contributed by atoms with Gasteiger partial charge in [-0.05, 0) is 50.4 Å². The summed E-state index contributed by atoms with van der Waals surface area (Å²) in [6.07, 6.45) is 6.19. The average molecular weight is 311 g/mol. The predicted octanol–water partition coefficient (Wildman–Crippen LogP) is 4.26. The summed E-state index contributed by atoms with van der Waals surface area (Å²) in [7, 11) is 0. The number of pyridine rings is 1. The second-order valence-corrected chi connectivity index (χ2v) is 6.44. The Labute approximate surface area is 140 Å². The van der Waals surface area contributed by atoms with E-state index < -0.39 is 0 Å². The van der Waals surface area contributed by atoms with Gasteiger partial charge in [-0.1, -0.05) is 38.5 Å². The number of fused-ring (bicyclic) bond motifs is 2. The molecule has 3 heteroatoms. The van der Waals surface area contributed by atoms with Gasteiger partial charge in [0.05, 0.1) is 5.52 Å². The smallest absolute Gasteiger partial charge is 0.0726 e.